The van der Waals surface area contributed by atoms with E-state index in [1.54, 1.807) is 0 Å². The van der Waals surface area contributed by atoms with Crippen molar-refractivity contribution >= 4 is 5.91 Å². The summed E-state index contributed by atoms with van der Waals surface area (Å²) in [5, 5.41) is 2.53. The van der Waals surface area contributed by atoms with Crippen LogP contribution in [0.2, 0.25) is 0 Å². The lowest BCUT2D eigenvalue weighted by Crippen LogP contribution is -2.19. The van der Waals surface area contributed by atoms with E-state index in [0.717, 1.165) is 11.3 Å². The number of hydrogen-bond acceptors (Lipinski definition) is 3. The fourth-order valence-electron chi connectivity index (χ4n) is 1.55. The number of nitrogens with one attached hydrogen (secondary N) is 1. The minimum atomic E-state index is -0.0910. The van der Waals surface area contributed by atoms with Gasteiger partial charge in [0.15, 0.2) is 11.5 Å². The third-order valence-corrected chi connectivity index (χ3v) is 2.23. The van der Waals surface area contributed by atoms with Crippen molar-refractivity contribution in [2.24, 2.45) is 0 Å². The zero-order valence-corrected chi connectivity index (χ0v) is 8.86. The van der Waals surface area contributed by atoms with E-state index in [0.29, 0.717) is 25.4 Å². The van der Waals surface area contributed by atoms with Crippen molar-refractivity contribution in [1.82, 2.24) is 5.32 Å². The monoisotopic (exact) mass is 219 g/mol. The molecule has 1 N–H and O–H groups in total. The maximum absolute atomic E-state index is 11.3. The van der Waals surface area contributed by atoms with Gasteiger partial charge in [0.2, 0.25) is 5.91 Å². The summed E-state index contributed by atoms with van der Waals surface area (Å²) in [6, 6.07) is 5.51. The van der Waals surface area contributed by atoms with E-state index in [4.69, 9.17) is 9.47 Å². The predicted octanol–water partition coefficient (Wildman–Crippen LogP) is 1.26. The van der Waals surface area contributed by atoms with Crippen LogP contribution in [0.15, 0.2) is 31.0 Å². The van der Waals surface area contributed by atoms with Crippen LogP contribution < -0.4 is 14.8 Å². The first-order valence-electron chi connectivity index (χ1n) is 5.08. The van der Waals surface area contributed by atoms with E-state index < -0.39 is 0 Å². The molecule has 1 heterocycles. The lowest BCUT2D eigenvalue weighted by atomic mass is 10.1. The number of fused-ring (bicyclic) bond motifs is 1. The fourth-order valence-corrected chi connectivity index (χ4v) is 1.55. The van der Waals surface area contributed by atoms with E-state index in [2.05, 4.69) is 11.9 Å². The van der Waals surface area contributed by atoms with Gasteiger partial charge in [0.05, 0.1) is 6.42 Å². The maximum Gasteiger partial charge on any atom is 0.228 e. The Morgan fingerprint density at radius 3 is 2.88 bits per heavy atom. The molecule has 1 aromatic carbocycles. The Labute approximate surface area is 93.9 Å². The first-order valence-corrected chi connectivity index (χ1v) is 5.08. The van der Waals surface area contributed by atoms with Gasteiger partial charge in [-0.1, -0.05) is 12.6 Å². The van der Waals surface area contributed by atoms with Crippen LogP contribution in [-0.2, 0) is 11.2 Å². The molecule has 4 nitrogen and oxygen atoms in total. The number of rotatable bonds is 3. The SMILES string of the molecule is C=CNC(=O)Cc1ccc2c(c1)OCCO2. The van der Waals surface area contributed by atoms with Gasteiger partial charge in [0.25, 0.3) is 0 Å². The van der Waals surface area contributed by atoms with Gasteiger partial charge in [-0.3, -0.25) is 4.79 Å². The second kappa shape index (κ2) is 4.70. The van der Waals surface area contributed by atoms with Gasteiger partial charge in [-0.05, 0) is 23.9 Å². The third kappa shape index (κ3) is 2.34. The molecule has 0 bridgehead atoms. The first kappa shape index (κ1) is 10.5. The molecule has 1 aliphatic rings. The van der Waals surface area contributed by atoms with Gasteiger partial charge in [0.1, 0.15) is 13.2 Å². The normalized spacial score (nSPS) is 13.0. The second-order valence-corrected chi connectivity index (χ2v) is 3.43. The summed E-state index contributed by atoms with van der Waals surface area (Å²) in [7, 11) is 0. The molecule has 1 amide bonds. The number of carbonyl (C=O) groups excluding carboxylic acids is 1. The summed E-state index contributed by atoms with van der Waals surface area (Å²) in [6.45, 7) is 4.56. The molecule has 0 unspecified atom stereocenters. The Hall–Kier alpha value is -1.97. The number of amides is 1. The van der Waals surface area contributed by atoms with Gasteiger partial charge in [0, 0.05) is 0 Å². The maximum atomic E-state index is 11.3. The highest BCUT2D eigenvalue weighted by atomic mass is 16.6. The van der Waals surface area contributed by atoms with Crippen LogP contribution in [0.3, 0.4) is 0 Å². The Morgan fingerprint density at radius 2 is 2.12 bits per heavy atom. The zero-order valence-electron chi connectivity index (χ0n) is 8.86. The Kier molecular flexibility index (Phi) is 3.10. The van der Waals surface area contributed by atoms with Crippen LogP contribution in [0.5, 0.6) is 11.5 Å². The predicted molar refractivity (Wildman–Crippen MR) is 59.5 cm³/mol. The standard InChI is InChI=1S/C12H13NO3/c1-2-13-12(14)8-9-3-4-10-11(7-9)16-6-5-15-10/h2-4,7H,1,5-6,8H2,(H,13,14). The molecule has 0 radical (unpaired) electrons. The molecule has 1 aromatic rings. The molecule has 0 spiro atoms. The summed E-state index contributed by atoms with van der Waals surface area (Å²) >= 11 is 0. The van der Waals surface area contributed by atoms with Crippen molar-refractivity contribution in [2.45, 2.75) is 6.42 Å². The number of benzene rings is 1. The van der Waals surface area contributed by atoms with Crippen LogP contribution in [0, 0.1) is 0 Å². The van der Waals surface area contributed by atoms with Crippen molar-refractivity contribution in [3.63, 3.8) is 0 Å². The molecule has 4 heteroatoms. The van der Waals surface area contributed by atoms with Crippen LogP contribution in [0.4, 0.5) is 0 Å². The average molecular weight is 219 g/mol. The molecule has 0 saturated heterocycles. The topological polar surface area (TPSA) is 47.6 Å². The highest BCUT2D eigenvalue weighted by Crippen LogP contribution is 2.30. The summed E-state index contributed by atoms with van der Waals surface area (Å²) < 4.78 is 10.8. The first-order chi connectivity index (χ1) is 7.79. The minimum absolute atomic E-state index is 0.0910. The number of carbonyl (C=O) groups is 1. The highest BCUT2D eigenvalue weighted by molar-refractivity contribution is 5.79. The molecule has 84 valence electrons. The summed E-state index contributed by atoms with van der Waals surface area (Å²) in [4.78, 5) is 11.3. The highest BCUT2D eigenvalue weighted by Gasteiger charge is 2.12. The van der Waals surface area contributed by atoms with Gasteiger partial charge < -0.3 is 14.8 Å². The Bertz CT molecular complexity index is 415. The van der Waals surface area contributed by atoms with Crippen LogP contribution in [0.25, 0.3) is 0 Å². The zero-order chi connectivity index (χ0) is 11.4. The van der Waals surface area contributed by atoms with E-state index in [-0.39, 0.29) is 5.91 Å². The van der Waals surface area contributed by atoms with Crippen LogP contribution in [0.1, 0.15) is 5.56 Å². The van der Waals surface area contributed by atoms with Gasteiger partial charge >= 0.3 is 0 Å². The molecule has 0 aliphatic carbocycles. The Morgan fingerprint density at radius 1 is 1.38 bits per heavy atom. The third-order valence-electron chi connectivity index (χ3n) is 2.23. The summed E-state index contributed by atoms with van der Waals surface area (Å²) in [5.41, 5.74) is 0.892. The summed E-state index contributed by atoms with van der Waals surface area (Å²) in [5.74, 6) is 1.35. The van der Waals surface area contributed by atoms with E-state index in [1.165, 1.54) is 6.20 Å². The summed E-state index contributed by atoms with van der Waals surface area (Å²) in [6.07, 6.45) is 1.68. The van der Waals surface area contributed by atoms with Crippen LogP contribution in [-0.4, -0.2) is 19.1 Å². The molecular formula is C12H13NO3. The van der Waals surface area contributed by atoms with Crippen molar-refractivity contribution in [1.29, 1.82) is 0 Å². The molecule has 0 aromatic heterocycles. The van der Waals surface area contributed by atoms with E-state index in [9.17, 15) is 4.79 Å². The van der Waals surface area contributed by atoms with Gasteiger partial charge in [-0.15, -0.1) is 0 Å². The van der Waals surface area contributed by atoms with Crippen molar-refractivity contribution in [3.05, 3.63) is 36.5 Å². The quantitative estimate of drug-likeness (QED) is 0.832. The molecular weight excluding hydrogens is 206 g/mol. The molecule has 0 atom stereocenters. The minimum Gasteiger partial charge on any atom is -0.486 e. The van der Waals surface area contributed by atoms with Crippen molar-refractivity contribution in [3.8, 4) is 11.5 Å². The lowest BCUT2D eigenvalue weighted by Gasteiger charge is -2.18. The molecule has 0 saturated carbocycles. The number of ether oxygens (including phenoxy) is 2. The van der Waals surface area contributed by atoms with Crippen molar-refractivity contribution < 1.29 is 14.3 Å². The smallest absolute Gasteiger partial charge is 0.228 e. The Balaban J connectivity index is 2.11. The van der Waals surface area contributed by atoms with Crippen LogP contribution >= 0.6 is 0 Å². The lowest BCUT2D eigenvalue weighted by molar-refractivity contribution is -0.119. The molecule has 16 heavy (non-hydrogen) atoms. The van der Waals surface area contributed by atoms with E-state index >= 15 is 0 Å². The average Bonchev–Trinajstić information content (AvgIpc) is 2.29. The fraction of sp³-hybridized carbons (Fsp3) is 0.250. The van der Waals surface area contributed by atoms with E-state index in [1.807, 2.05) is 18.2 Å². The number of hydrogen-bond donors (Lipinski definition) is 1. The van der Waals surface area contributed by atoms with Crippen molar-refractivity contribution in [2.75, 3.05) is 13.2 Å². The molecule has 2 rings (SSSR count). The largest absolute Gasteiger partial charge is 0.486 e. The van der Waals surface area contributed by atoms with Gasteiger partial charge in [-0.25, -0.2) is 0 Å². The molecule has 1 aliphatic heterocycles. The molecule has 0 fully saturated rings. The van der Waals surface area contributed by atoms with Gasteiger partial charge in [-0.2, -0.15) is 0 Å². The second-order valence-electron chi connectivity index (χ2n) is 3.43.